The van der Waals surface area contributed by atoms with Crippen LogP contribution in [0.5, 0.6) is 0 Å². The highest BCUT2D eigenvalue weighted by Crippen LogP contribution is 2.36. The first-order valence-electron chi connectivity index (χ1n) is 7.97. The molecule has 0 atom stereocenters. The van der Waals surface area contributed by atoms with E-state index in [0.717, 1.165) is 11.1 Å². The van der Waals surface area contributed by atoms with Crippen molar-refractivity contribution in [2.24, 2.45) is 0 Å². The third-order valence-corrected chi connectivity index (χ3v) is 5.64. The molecule has 3 nitrogen and oxygen atoms in total. The van der Waals surface area contributed by atoms with Crippen molar-refractivity contribution in [3.8, 4) is 0 Å². The van der Waals surface area contributed by atoms with Crippen molar-refractivity contribution >= 4 is 23.0 Å². The molecule has 1 aromatic heterocycles. The predicted molar refractivity (Wildman–Crippen MR) is 92.6 cm³/mol. The zero-order valence-corrected chi connectivity index (χ0v) is 14.1. The number of hydrogen-bond acceptors (Lipinski definition) is 3. The first-order valence-corrected chi connectivity index (χ1v) is 8.91. The second-order valence-corrected chi connectivity index (χ2v) is 6.97. The number of rotatable bonds is 4. The maximum atomic E-state index is 12.4. The molecule has 1 aliphatic heterocycles. The topological polar surface area (TPSA) is 37.4 Å². The molecule has 3 rings (SSSR count). The van der Waals surface area contributed by atoms with Crippen LogP contribution < -0.4 is 0 Å². The molecule has 0 unspecified atom stereocenters. The number of carbonyl (C=O) groups excluding carboxylic acids is 2. The van der Waals surface area contributed by atoms with Crippen molar-refractivity contribution in [1.29, 1.82) is 0 Å². The molecule has 1 fully saturated rings. The van der Waals surface area contributed by atoms with Gasteiger partial charge in [-0.1, -0.05) is 30.3 Å². The minimum absolute atomic E-state index is 0.161. The largest absolute Gasteiger partial charge is 0.342 e. The van der Waals surface area contributed by atoms with Gasteiger partial charge in [-0.25, -0.2) is 0 Å². The second kappa shape index (κ2) is 6.67. The Morgan fingerprint density at radius 3 is 2.39 bits per heavy atom. The molecule has 1 aliphatic rings. The zero-order valence-electron chi connectivity index (χ0n) is 13.3. The van der Waals surface area contributed by atoms with E-state index in [1.165, 1.54) is 0 Å². The average Bonchev–Trinajstić information content (AvgIpc) is 3.08. The molecular weight excluding hydrogens is 306 g/mol. The van der Waals surface area contributed by atoms with Crippen LogP contribution in [-0.2, 0) is 21.4 Å². The lowest BCUT2D eigenvalue weighted by Crippen LogP contribution is -2.48. The molecule has 23 heavy (non-hydrogen) atoms. The summed E-state index contributed by atoms with van der Waals surface area (Å²) < 4.78 is 0. The van der Waals surface area contributed by atoms with Gasteiger partial charge in [-0.15, -0.1) is 0 Å². The Labute approximate surface area is 140 Å². The molecular formula is C19H21NO2S. The van der Waals surface area contributed by atoms with Gasteiger partial charge in [0.2, 0.25) is 5.91 Å². The Morgan fingerprint density at radius 2 is 1.83 bits per heavy atom. The van der Waals surface area contributed by atoms with Crippen LogP contribution in [0, 0.1) is 0 Å². The highest BCUT2D eigenvalue weighted by atomic mass is 32.1. The number of amides is 1. The monoisotopic (exact) mass is 327 g/mol. The van der Waals surface area contributed by atoms with E-state index in [-0.39, 0.29) is 11.7 Å². The number of hydrogen-bond donors (Lipinski definition) is 0. The Morgan fingerprint density at radius 1 is 1.13 bits per heavy atom. The van der Waals surface area contributed by atoms with Crippen molar-refractivity contribution in [3.05, 3.63) is 58.3 Å². The first kappa shape index (κ1) is 15.9. The Bertz CT molecular complexity index is 671. The summed E-state index contributed by atoms with van der Waals surface area (Å²) in [4.78, 5) is 26.7. The Hall–Kier alpha value is -1.94. The van der Waals surface area contributed by atoms with Gasteiger partial charge < -0.3 is 4.90 Å². The molecule has 4 heteroatoms. The number of ketones is 1. The molecule has 1 aromatic carbocycles. The molecule has 1 amide bonds. The Balaban J connectivity index is 1.70. The number of thiophene rings is 1. The van der Waals surface area contributed by atoms with Crippen LogP contribution in [-0.4, -0.2) is 29.7 Å². The summed E-state index contributed by atoms with van der Waals surface area (Å²) in [6.45, 7) is 2.98. The summed E-state index contributed by atoms with van der Waals surface area (Å²) >= 11 is 1.61. The maximum absolute atomic E-state index is 12.4. The van der Waals surface area contributed by atoms with Gasteiger partial charge in [-0.3, -0.25) is 9.59 Å². The third kappa shape index (κ3) is 3.22. The zero-order chi connectivity index (χ0) is 16.3. The van der Waals surface area contributed by atoms with E-state index in [4.69, 9.17) is 0 Å². The number of benzene rings is 1. The number of Topliss-reactive ketones (excluding diaryl/α,β-unsaturated/α-hetero) is 1. The van der Waals surface area contributed by atoms with E-state index >= 15 is 0 Å². The predicted octanol–water partition coefficient (Wildman–Crippen LogP) is 3.44. The number of likely N-dealkylation sites (tertiary alicyclic amines) is 1. The van der Waals surface area contributed by atoms with Crippen LogP contribution in [0.3, 0.4) is 0 Å². The molecule has 2 aromatic rings. The third-order valence-electron chi connectivity index (χ3n) is 4.91. The molecule has 0 bridgehead atoms. The number of carbonyl (C=O) groups is 2. The fraction of sp³-hybridized carbons (Fsp3) is 0.368. The molecule has 0 aliphatic carbocycles. The summed E-state index contributed by atoms with van der Waals surface area (Å²) in [5.74, 6) is 0.363. The van der Waals surface area contributed by atoms with Crippen LogP contribution in [0.4, 0.5) is 0 Å². The summed E-state index contributed by atoms with van der Waals surface area (Å²) in [7, 11) is 0. The van der Waals surface area contributed by atoms with Crippen LogP contribution in [0.25, 0.3) is 0 Å². The van der Waals surface area contributed by atoms with Gasteiger partial charge >= 0.3 is 0 Å². The molecule has 0 radical (unpaired) electrons. The minimum Gasteiger partial charge on any atom is -0.342 e. The van der Waals surface area contributed by atoms with Crippen molar-refractivity contribution in [1.82, 2.24) is 4.90 Å². The van der Waals surface area contributed by atoms with Crippen molar-refractivity contribution in [2.45, 2.75) is 31.6 Å². The fourth-order valence-corrected chi connectivity index (χ4v) is 4.09. The van der Waals surface area contributed by atoms with E-state index in [1.54, 1.807) is 18.3 Å². The van der Waals surface area contributed by atoms with Gasteiger partial charge in [0.1, 0.15) is 5.78 Å². The van der Waals surface area contributed by atoms with Crippen LogP contribution in [0.2, 0.25) is 0 Å². The fourth-order valence-electron chi connectivity index (χ4n) is 3.42. The summed E-state index contributed by atoms with van der Waals surface area (Å²) in [6.07, 6.45) is 1.88. The normalized spacial score (nSPS) is 17.0. The quantitative estimate of drug-likeness (QED) is 0.862. The smallest absolute Gasteiger partial charge is 0.227 e. The standard InChI is InChI=1S/C19H21NO2S/c1-15(21)19(17-5-3-2-4-6-17)8-10-20(11-9-19)18(22)13-16-7-12-23-14-16/h2-7,12,14H,8-11,13H2,1H3. The first-order chi connectivity index (χ1) is 11.1. The van der Waals surface area contributed by atoms with Crippen LogP contribution >= 0.6 is 11.3 Å². The Kier molecular flexibility index (Phi) is 4.62. The van der Waals surface area contributed by atoms with Gasteiger partial charge in [0.05, 0.1) is 11.8 Å². The summed E-state index contributed by atoms with van der Waals surface area (Å²) in [6, 6.07) is 12.0. The van der Waals surface area contributed by atoms with E-state index in [1.807, 2.05) is 52.1 Å². The van der Waals surface area contributed by atoms with Gasteiger partial charge in [0, 0.05) is 13.1 Å². The van der Waals surface area contributed by atoms with Gasteiger partial charge in [0.25, 0.3) is 0 Å². The second-order valence-electron chi connectivity index (χ2n) is 6.19. The average molecular weight is 327 g/mol. The van der Waals surface area contributed by atoms with E-state index in [2.05, 4.69) is 0 Å². The lowest BCUT2D eigenvalue weighted by molar-refractivity contribution is -0.135. The van der Waals surface area contributed by atoms with Crippen LogP contribution in [0.15, 0.2) is 47.2 Å². The van der Waals surface area contributed by atoms with E-state index < -0.39 is 5.41 Å². The van der Waals surface area contributed by atoms with Gasteiger partial charge in [-0.05, 0) is 47.7 Å². The van der Waals surface area contributed by atoms with Gasteiger partial charge in [-0.2, -0.15) is 11.3 Å². The highest BCUT2D eigenvalue weighted by molar-refractivity contribution is 7.08. The molecule has 2 heterocycles. The number of nitrogens with zero attached hydrogens (tertiary/aromatic N) is 1. The van der Waals surface area contributed by atoms with E-state index in [9.17, 15) is 9.59 Å². The molecule has 0 N–H and O–H groups in total. The van der Waals surface area contributed by atoms with Crippen molar-refractivity contribution in [3.63, 3.8) is 0 Å². The highest BCUT2D eigenvalue weighted by Gasteiger charge is 2.41. The van der Waals surface area contributed by atoms with E-state index in [0.29, 0.717) is 32.4 Å². The summed E-state index contributed by atoms with van der Waals surface area (Å²) in [5.41, 5.74) is 1.73. The van der Waals surface area contributed by atoms with Crippen molar-refractivity contribution in [2.75, 3.05) is 13.1 Å². The SMILES string of the molecule is CC(=O)C1(c2ccccc2)CCN(C(=O)Cc2ccsc2)CC1. The van der Waals surface area contributed by atoms with Crippen molar-refractivity contribution < 1.29 is 9.59 Å². The lowest BCUT2D eigenvalue weighted by Gasteiger charge is -2.40. The molecule has 120 valence electrons. The van der Waals surface area contributed by atoms with Gasteiger partial charge in [0.15, 0.2) is 0 Å². The molecule has 0 saturated carbocycles. The lowest BCUT2D eigenvalue weighted by atomic mass is 9.70. The van der Waals surface area contributed by atoms with Crippen LogP contribution in [0.1, 0.15) is 30.9 Å². The maximum Gasteiger partial charge on any atom is 0.227 e. The summed E-state index contributed by atoms with van der Waals surface area (Å²) in [5, 5.41) is 4.01. The molecule has 1 saturated heterocycles. The molecule has 0 spiro atoms. The number of piperidine rings is 1. The minimum atomic E-state index is -0.430.